The van der Waals surface area contributed by atoms with Crippen LogP contribution >= 0.6 is 0 Å². The van der Waals surface area contributed by atoms with Crippen LogP contribution in [0.15, 0.2) is 52.3 Å². The van der Waals surface area contributed by atoms with Crippen LogP contribution in [0, 0.1) is 13.8 Å². The number of rotatable bonds is 5. The highest BCUT2D eigenvalue weighted by atomic mass is 32.2. The summed E-state index contributed by atoms with van der Waals surface area (Å²) in [6.45, 7) is 9.76. The third-order valence-electron chi connectivity index (χ3n) is 5.28. The number of benzene rings is 2. The smallest absolute Gasteiger partial charge is 0.407 e. The summed E-state index contributed by atoms with van der Waals surface area (Å²) in [7, 11) is -1.67. The van der Waals surface area contributed by atoms with Gasteiger partial charge in [0, 0.05) is 30.2 Å². The molecule has 0 atom stereocenters. The van der Waals surface area contributed by atoms with Gasteiger partial charge in [-0.25, -0.2) is 13.2 Å². The molecule has 1 aromatic heterocycles. The Morgan fingerprint density at radius 1 is 1.03 bits per heavy atom. The second-order valence-electron chi connectivity index (χ2n) is 8.80. The second kappa shape index (κ2) is 8.38. The predicted octanol–water partition coefficient (Wildman–Crippen LogP) is 4.70. The van der Waals surface area contributed by atoms with Gasteiger partial charge in [-0.05, 0) is 76.9 Å². The van der Waals surface area contributed by atoms with Gasteiger partial charge in [0.2, 0.25) is 9.84 Å². The fourth-order valence-corrected chi connectivity index (χ4v) is 4.85. The van der Waals surface area contributed by atoms with Crippen molar-refractivity contribution in [3.05, 3.63) is 59.3 Å². The van der Waals surface area contributed by atoms with Crippen molar-refractivity contribution in [2.24, 2.45) is 7.05 Å². The molecule has 2 aromatic carbocycles. The molecule has 0 aliphatic carbocycles. The molecule has 0 fully saturated rings. The minimum atomic E-state index is -3.62. The lowest BCUT2D eigenvalue weighted by molar-refractivity contribution is 0.0528. The van der Waals surface area contributed by atoms with E-state index < -0.39 is 21.5 Å². The molecule has 6 nitrogen and oxygen atoms in total. The second-order valence-corrected chi connectivity index (χ2v) is 10.7. The molecule has 166 valence electrons. The van der Waals surface area contributed by atoms with Crippen LogP contribution < -0.4 is 5.32 Å². The van der Waals surface area contributed by atoms with E-state index in [2.05, 4.69) is 5.32 Å². The molecule has 31 heavy (non-hydrogen) atoms. The summed E-state index contributed by atoms with van der Waals surface area (Å²) in [6.07, 6.45) is 0.101. The van der Waals surface area contributed by atoms with E-state index in [4.69, 9.17) is 4.74 Å². The van der Waals surface area contributed by atoms with Gasteiger partial charge < -0.3 is 14.6 Å². The largest absolute Gasteiger partial charge is 0.444 e. The molecule has 0 spiro atoms. The van der Waals surface area contributed by atoms with E-state index >= 15 is 0 Å². The van der Waals surface area contributed by atoms with Crippen LogP contribution in [0.4, 0.5) is 4.79 Å². The van der Waals surface area contributed by atoms with Crippen LogP contribution in [-0.4, -0.2) is 31.2 Å². The fourth-order valence-electron chi connectivity index (χ4n) is 3.57. The zero-order chi connectivity index (χ0) is 23.0. The average molecular weight is 443 g/mol. The Balaban J connectivity index is 1.92. The third kappa shape index (κ3) is 4.93. The molecule has 0 aliphatic heterocycles. The average Bonchev–Trinajstić information content (AvgIpc) is 2.91. The molecule has 0 radical (unpaired) electrons. The van der Waals surface area contributed by atoms with E-state index in [1.165, 1.54) is 0 Å². The number of aryl methyl sites for hydroxylation is 2. The number of hydrogen-bond donors (Lipinski definition) is 1. The van der Waals surface area contributed by atoms with Gasteiger partial charge in [0.05, 0.1) is 9.79 Å². The lowest BCUT2D eigenvalue weighted by Gasteiger charge is -2.19. The highest BCUT2D eigenvalue weighted by molar-refractivity contribution is 7.91. The molecular weight excluding hydrogens is 412 g/mol. The van der Waals surface area contributed by atoms with Crippen molar-refractivity contribution < 1.29 is 17.9 Å². The number of sulfone groups is 1. The maximum atomic E-state index is 13.1. The SMILES string of the molecule is Cc1ccc(S(=O)(=O)c2ccc3c(c2)c(CCNC(=O)OC(C)(C)C)c(C)n3C)cc1. The van der Waals surface area contributed by atoms with Crippen LogP contribution in [0.1, 0.15) is 37.6 Å². The molecule has 0 bridgehead atoms. The summed E-state index contributed by atoms with van der Waals surface area (Å²) in [5, 5.41) is 3.65. The normalized spacial score (nSPS) is 12.2. The van der Waals surface area contributed by atoms with Crippen LogP contribution in [0.5, 0.6) is 0 Å². The highest BCUT2D eigenvalue weighted by Crippen LogP contribution is 2.30. The van der Waals surface area contributed by atoms with Crippen LogP contribution in [0.25, 0.3) is 10.9 Å². The van der Waals surface area contributed by atoms with E-state index in [0.29, 0.717) is 13.0 Å². The fraction of sp³-hybridized carbons (Fsp3) is 0.375. The topological polar surface area (TPSA) is 77.4 Å². The van der Waals surface area contributed by atoms with Gasteiger partial charge in [-0.1, -0.05) is 17.7 Å². The monoisotopic (exact) mass is 442 g/mol. The molecule has 0 saturated carbocycles. The number of hydrogen-bond acceptors (Lipinski definition) is 4. The number of carbonyl (C=O) groups excluding carboxylic acids is 1. The predicted molar refractivity (Wildman–Crippen MR) is 122 cm³/mol. The van der Waals surface area contributed by atoms with Crippen molar-refractivity contribution in [3.63, 3.8) is 0 Å². The Labute approximate surface area is 184 Å². The van der Waals surface area contributed by atoms with Gasteiger partial charge in [-0.3, -0.25) is 0 Å². The van der Waals surface area contributed by atoms with E-state index in [9.17, 15) is 13.2 Å². The minimum absolute atomic E-state index is 0.260. The molecule has 3 aromatic rings. The number of nitrogens with one attached hydrogen (secondary N) is 1. The van der Waals surface area contributed by atoms with Crippen molar-refractivity contribution in [2.45, 2.75) is 56.4 Å². The summed E-state index contributed by atoms with van der Waals surface area (Å²) in [4.78, 5) is 12.5. The maximum absolute atomic E-state index is 13.1. The summed E-state index contributed by atoms with van der Waals surface area (Å²) >= 11 is 0. The molecule has 1 amide bonds. The number of nitrogens with zero attached hydrogens (tertiary/aromatic N) is 1. The number of amides is 1. The zero-order valence-corrected chi connectivity index (χ0v) is 19.8. The first kappa shape index (κ1) is 22.9. The Kier molecular flexibility index (Phi) is 6.18. The van der Waals surface area contributed by atoms with E-state index in [1.54, 1.807) is 36.4 Å². The van der Waals surface area contributed by atoms with Crippen molar-refractivity contribution in [3.8, 4) is 0 Å². The van der Waals surface area contributed by atoms with Crippen LogP contribution in [0.2, 0.25) is 0 Å². The van der Waals surface area contributed by atoms with E-state index in [0.717, 1.165) is 27.7 Å². The molecule has 7 heteroatoms. The Morgan fingerprint density at radius 2 is 1.65 bits per heavy atom. The van der Waals surface area contributed by atoms with Gasteiger partial charge in [-0.15, -0.1) is 0 Å². The maximum Gasteiger partial charge on any atom is 0.407 e. The molecule has 0 saturated heterocycles. The van der Waals surface area contributed by atoms with Crippen molar-refractivity contribution >= 4 is 26.8 Å². The molecule has 0 aliphatic rings. The van der Waals surface area contributed by atoms with E-state index in [1.807, 2.05) is 52.3 Å². The number of ether oxygens (including phenoxy) is 1. The van der Waals surface area contributed by atoms with Gasteiger partial charge in [-0.2, -0.15) is 0 Å². The Bertz CT molecular complexity index is 1220. The summed E-state index contributed by atoms with van der Waals surface area (Å²) in [6, 6.07) is 12.1. The van der Waals surface area contributed by atoms with Crippen molar-refractivity contribution in [1.82, 2.24) is 9.88 Å². The molecule has 3 rings (SSSR count). The first-order chi connectivity index (χ1) is 14.4. The van der Waals surface area contributed by atoms with Crippen LogP contribution in [-0.2, 0) is 28.0 Å². The lowest BCUT2D eigenvalue weighted by Crippen LogP contribution is -2.33. The Morgan fingerprint density at radius 3 is 2.26 bits per heavy atom. The van der Waals surface area contributed by atoms with E-state index in [-0.39, 0.29) is 9.79 Å². The first-order valence-corrected chi connectivity index (χ1v) is 11.7. The van der Waals surface area contributed by atoms with Gasteiger partial charge in [0.15, 0.2) is 0 Å². The quantitative estimate of drug-likeness (QED) is 0.622. The number of carbonyl (C=O) groups is 1. The summed E-state index contributed by atoms with van der Waals surface area (Å²) in [5.74, 6) is 0. The third-order valence-corrected chi connectivity index (χ3v) is 7.05. The van der Waals surface area contributed by atoms with Crippen LogP contribution in [0.3, 0.4) is 0 Å². The number of alkyl carbamates (subject to hydrolysis) is 1. The van der Waals surface area contributed by atoms with Gasteiger partial charge in [0.1, 0.15) is 5.60 Å². The molecule has 0 unspecified atom stereocenters. The highest BCUT2D eigenvalue weighted by Gasteiger charge is 2.21. The molecule has 1 N–H and O–H groups in total. The standard InChI is InChI=1S/C24H30N2O4S/c1-16-7-9-18(10-8-16)31(28,29)19-11-12-22-21(15-19)20(17(2)26(22)6)13-14-25-23(27)30-24(3,4)5/h7-12,15H,13-14H2,1-6H3,(H,25,27). The molecule has 1 heterocycles. The number of aromatic nitrogens is 1. The zero-order valence-electron chi connectivity index (χ0n) is 18.9. The first-order valence-electron chi connectivity index (χ1n) is 10.3. The van der Waals surface area contributed by atoms with Crippen molar-refractivity contribution in [1.29, 1.82) is 0 Å². The summed E-state index contributed by atoms with van der Waals surface area (Å²) in [5.41, 5.74) is 3.44. The minimum Gasteiger partial charge on any atom is -0.444 e. The van der Waals surface area contributed by atoms with Gasteiger partial charge in [0.25, 0.3) is 0 Å². The van der Waals surface area contributed by atoms with Crippen molar-refractivity contribution in [2.75, 3.05) is 6.54 Å². The Hall–Kier alpha value is -2.80. The number of fused-ring (bicyclic) bond motifs is 1. The lowest BCUT2D eigenvalue weighted by atomic mass is 10.1. The molecular formula is C24H30N2O4S. The summed E-state index contributed by atoms with van der Waals surface area (Å²) < 4.78 is 33.6. The van der Waals surface area contributed by atoms with Gasteiger partial charge >= 0.3 is 6.09 Å².